The van der Waals surface area contributed by atoms with Crippen molar-refractivity contribution >= 4 is 27.1 Å². The van der Waals surface area contributed by atoms with Crippen LogP contribution in [0.2, 0.25) is 5.02 Å². The van der Waals surface area contributed by atoms with Gasteiger partial charge in [-0.15, -0.1) is 0 Å². The first kappa shape index (κ1) is 25.8. The summed E-state index contributed by atoms with van der Waals surface area (Å²) in [6, 6.07) is 14.0. The number of sulfone groups is 1. The lowest BCUT2D eigenvalue weighted by molar-refractivity contribution is 0.316. The van der Waals surface area contributed by atoms with E-state index in [4.69, 9.17) is 16.3 Å². The summed E-state index contributed by atoms with van der Waals surface area (Å²) in [5.74, 6) is 0.518. The molecule has 0 fully saturated rings. The molecule has 7 nitrogen and oxygen atoms in total. The number of aromatic nitrogens is 2. The molecule has 0 saturated heterocycles. The van der Waals surface area contributed by atoms with Gasteiger partial charge in [0.1, 0.15) is 17.6 Å². The summed E-state index contributed by atoms with van der Waals surface area (Å²) < 4.78 is 28.9. The molecule has 0 radical (unpaired) electrons. The van der Waals surface area contributed by atoms with E-state index >= 15 is 0 Å². The number of nitrogens with zero attached hydrogens (tertiary/aromatic N) is 4. The molecule has 186 valence electrons. The molecular formula is C27H27ClN4O3S. The van der Waals surface area contributed by atoms with Crippen molar-refractivity contribution in [3.8, 4) is 11.8 Å². The Balaban J connectivity index is 1.61. The van der Waals surface area contributed by atoms with E-state index in [0.29, 0.717) is 29.5 Å². The van der Waals surface area contributed by atoms with Crippen molar-refractivity contribution in [1.82, 2.24) is 9.97 Å². The topological polar surface area (TPSA) is 105 Å². The fourth-order valence-corrected chi connectivity index (χ4v) is 5.05. The Kier molecular flexibility index (Phi) is 7.17. The molecule has 1 aliphatic rings. The zero-order valence-electron chi connectivity index (χ0n) is 20.7. The number of halogens is 1. The Morgan fingerprint density at radius 2 is 1.89 bits per heavy atom. The van der Waals surface area contributed by atoms with Gasteiger partial charge in [-0.3, -0.25) is 4.99 Å². The lowest BCUT2D eigenvalue weighted by atomic mass is 9.77. The minimum absolute atomic E-state index is 0.192. The summed E-state index contributed by atoms with van der Waals surface area (Å²) in [7, 11) is -3.21. The first-order valence-electron chi connectivity index (χ1n) is 11.6. The van der Waals surface area contributed by atoms with E-state index in [-0.39, 0.29) is 11.6 Å². The predicted molar refractivity (Wildman–Crippen MR) is 140 cm³/mol. The van der Waals surface area contributed by atoms with Crippen molar-refractivity contribution in [2.45, 2.75) is 44.9 Å². The van der Waals surface area contributed by atoms with Gasteiger partial charge in [0.25, 0.3) is 0 Å². The van der Waals surface area contributed by atoms with Gasteiger partial charge in [0.05, 0.1) is 35.1 Å². The third-order valence-electron chi connectivity index (χ3n) is 6.17. The fraction of sp³-hybridized carbons (Fsp3) is 0.333. The van der Waals surface area contributed by atoms with Gasteiger partial charge in [0.15, 0.2) is 15.6 Å². The smallest absolute Gasteiger partial charge is 0.155 e. The molecule has 1 aromatic heterocycles. The predicted octanol–water partition coefficient (Wildman–Crippen LogP) is 5.01. The zero-order chi connectivity index (χ0) is 26.1. The highest BCUT2D eigenvalue weighted by Crippen LogP contribution is 2.38. The lowest BCUT2D eigenvalue weighted by Crippen LogP contribution is -2.19. The largest absolute Gasteiger partial charge is 0.491 e. The maximum atomic E-state index is 11.6. The molecule has 0 N–H and O–H groups in total. The average molecular weight is 523 g/mol. The normalized spacial score (nSPS) is 13.2. The Labute approximate surface area is 216 Å². The second kappa shape index (κ2) is 10.00. The molecule has 0 bridgehead atoms. The molecule has 1 aliphatic heterocycles. The van der Waals surface area contributed by atoms with Gasteiger partial charge in [-0.25, -0.2) is 18.4 Å². The van der Waals surface area contributed by atoms with Gasteiger partial charge in [-0.05, 0) is 29.7 Å². The van der Waals surface area contributed by atoms with Crippen LogP contribution in [0.25, 0.3) is 0 Å². The van der Waals surface area contributed by atoms with Gasteiger partial charge in [-0.2, -0.15) is 5.26 Å². The maximum absolute atomic E-state index is 11.6. The van der Waals surface area contributed by atoms with Crippen molar-refractivity contribution < 1.29 is 13.2 Å². The van der Waals surface area contributed by atoms with E-state index < -0.39 is 15.3 Å². The minimum atomic E-state index is -3.21. The van der Waals surface area contributed by atoms with Gasteiger partial charge in [0.2, 0.25) is 0 Å². The molecule has 0 spiro atoms. The van der Waals surface area contributed by atoms with Crippen LogP contribution in [0.4, 0.5) is 0 Å². The van der Waals surface area contributed by atoms with Crippen LogP contribution in [-0.4, -0.2) is 37.0 Å². The number of nitriles is 1. The molecule has 0 aliphatic carbocycles. The molecular weight excluding hydrogens is 496 g/mol. The molecule has 0 saturated carbocycles. The quantitative estimate of drug-likeness (QED) is 0.411. The Hall–Kier alpha value is -3.28. The number of fused-ring (bicyclic) bond motifs is 1. The molecule has 0 atom stereocenters. The first-order valence-corrected chi connectivity index (χ1v) is 14.0. The highest BCUT2D eigenvalue weighted by atomic mass is 35.5. The number of hydrogen-bond donors (Lipinski definition) is 0. The van der Waals surface area contributed by atoms with Crippen molar-refractivity contribution in [3.05, 3.63) is 87.0 Å². The van der Waals surface area contributed by atoms with E-state index in [0.717, 1.165) is 46.3 Å². The highest BCUT2D eigenvalue weighted by molar-refractivity contribution is 7.89. The third kappa shape index (κ3) is 5.28. The summed E-state index contributed by atoms with van der Waals surface area (Å²) in [6.45, 7) is 7.05. The monoisotopic (exact) mass is 522 g/mol. The summed E-state index contributed by atoms with van der Waals surface area (Å²) in [4.78, 5) is 13.3. The molecule has 0 unspecified atom stereocenters. The van der Waals surface area contributed by atoms with E-state index in [2.05, 4.69) is 34.9 Å². The Morgan fingerprint density at radius 1 is 1.17 bits per heavy atom. The van der Waals surface area contributed by atoms with Crippen molar-refractivity contribution in [1.29, 1.82) is 5.26 Å². The second-order valence-corrected chi connectivity index (χ2v) is 11.9. The molecule has 0 amide bonds. The van der Waals surface area contributed by atoms with Crippen LogP contribution in [0.5, 0.6) is 5.75 Å². The van der Waals surface area contributed by atoms with E-state index in [1.54, 1.807) is 6.20 Å². The summed E-state index contributed by atoms with van der Waals surface area (Å²) in [6.07, 6.45) is 3.64. The van der Waals surface area contributed by atoms with Crippen LogP contribution in [0, 0.1) is 11.3 Å². The molecule has 9 heteroatoms. The van der Waals surface area contributed by atoms with E-state index in [9.17, 15) is 13.7 Å². The average Bonchev–Trinajstić information content (AvgIpc) is 3.25. The molecule has 2 aromatic carbocycles. The summed E-state index contributed by atoms with van der Waals surface area (Å²) in [5.41, 5.74) is 5.21. The first-order chi connectivity index (χ1) is 17.0. The van der Waals surface area contributed by atoms with Crippen molar-refractivity contribution in [2.75, 3.05) is 12.9 Å². The fourth-order valence-electron chi connectivity index (χ4n) is 4.17. The van der Waals surface area contributed by atoms with E-state index in [1.165, 1.54) is 0 Å². The van der Waals surface area contributed by atoms with Gasteiger partial charge >= 0.3 is 0 Å². The second-order valence-electron chi connectivity index (χ2n) is 9.38. The zero-order valence-corrected chi connectivity index (χ0v) is 22.2. The van der Waals surface area contributed by atoms with Crippen LogP contribution in [-0.2, 0) is 27.5 Å². The molecule has 4 rings (SSSR count). The molecule has 2 heterocycles. The minimum Gasteiger partial charge on any atom is -0.491 e. The van der Waals surface area contributed by atoms with Gasteiger partial charge in [0, 0.05) is 29.0 Å². The van der Waals surface area contributed by atoms with Crippen molar-refractivity contribution in [3.63, 3.8) is 0 Å². The number of aliphatic imine (C=N–C) groups is 1. The number of benzene rings is 2. The number of hydrogen-bond acceptors (Lipinski definition) is 7. The van der Waals surface area contributed by atoms with Crippen LogP contribution in [0.1, 0.15) is 66.5 Å². The highest BCUT2D eigenvalue weighted by Gasteiger charge is 2.27. The third-order valence-corrected chi connectivity index (χ3v) is 7.23. The summed E-state index contributed by atoms with van der Waals surface area (Å²) in [5, 5.41) is 10.1. The maximum Gasteiger partial charge on any atom is 0.155 e. The van der Waals surface area contributed by atoms with Crippen LogP contribution >= 0.6 is 11.6 Å². The number of rotatable bonds is 8. The Morgan fingerprint density at radius 3 is 2.53 bits per heavy atom. The van der Waals surface area contributed by atoms with Gasteiger partial charge < -0.3 is 4.74 Å². The van der Waals surface area contributed by atoms with E-state index in [1.807, 2.05) is 43.3 Å². The lowest BCUT2D eigenvalue weighted by Gasteiger charge is -2.27. The van der Waals surface area contributed by atoms with Crippen LogP contribution < -0.4 is 4.74 Å². The number of ether oxygens (including phenoxy) is 1. The van der Waals surface area contributed by atoms with Crippen molar-refractivity contribution in [2.24, 2.45) is 4.99 Å². The van der Waals surface area contributed by atoms with Crippen LogP contribution in [0.15, 0.2) is 47.6 Å². The van der Waals surface area contributed by atoms with Gasteiger partial charge in [-0.1, -0.05) is 56.6 Å². The Bertz CT molecular complexity index is 1490. The molecule has 3 aromatic rings. The summed E-state index contributed by atoms with van der Waals surface area (Å²) >= 11 is 6.51. The molecule has 36 heavy (non-hydrogen) atoms. The standard InChI is InChI=1S/C27H27ClN4O3S/c1-5-10-35-26-18(13-29)11-20(12-22(26)28)27(2,3)19-8-6-17(7-9-19)25-21-14-30-24(16-36(4,33)34)32-23(21)15-31-25/h6-9,11-12,14H,5,10,15-16H2,1-4H3. The SMILES string of the molecule is CCCOc1c(Cl)cc(C(C)(C)c2ccc(C3=NCc4nc(CS(C)(=O)=O)ncc43)cc2)cc1C#N. The van der Waals surface area contributed by atoms with Crippen LogP contribution in [0.3, 0.4) is 0 Å².